The molecule has 162 valence electrons. The molecule has 0 bridgehead atoms. The topological polar surface area (TPSA) is 113 Å². The first-order valence-electron chi connectivity index (χ1n) is 10.2. The smallest absolute Gasteiger partial charge is 0.320 e. The third kappa shape index (κ3) is 4.25. The van der Waals surface area contributed by atoms with Crippen molar-refractivity contribution in [1.82, 2.24) is 25.4 Å². The number of urea groups is 1. The lowest BCUT2D eigenvalue weighted by atomic mass is 10.1. The summed E-state index contributed by atoms with van der Waals surface area (Å²) in [7, 11) is 1.61. The van der Waals surface area contributed by atoms with E-state index >= 15 is 0 Å². The van der Waals surface area contributed by atoms with E-state index in [1.807, 2.05) is 54.9 Å². The van der Waals surface area contributed by atoms with Gasteiger partial charge >= 0.3 is 6.03 Å². The van der Waals surface area contributed by atoms with Gasteiger partial charge in [-0.2, -0.15) is 5.10 Å². The molecule has 0 radical (unpaired) electrons. The largest absolute Gasteiger partial charge is 0.496 e. The van der Waals surface area contributed by atoms with Crippen LogP contribution in [0.1, 0.15) is 35.3 Å². The fourth-order valence-electron chi connectivity index (χ4n) is 3.72. The summed E-state index contributed by atoms with van der Waals surface area (Å²) < 4.78 is 7.36. The first kappa shape index (κ1) is 20.5. The van der Waals surface area contributed by atoms with Gasteiger partial charge in [0.25, 0.3) is 5.91 Å². The van der Waals surface area contributed by atoms with Crippen molar-refractivity contribution in [3.63, 3.8) is 0 Å². The Kier molecular flexibility index (Phi) is 5.66. The lowest BCUT2D eigenvalue weighted by Gasteiger charge is -2.16. The molecule has 31 heavy (non-hydrogen) atoms. The highest BCUT2D eigenvalue weighted by molar-refractivity contribution is 5.96. The molecule has 3 heterocycles. The predicted octanol–water partition coefficient (Wildman–Crippen LogP) is 2.90. The minimum absolute atomic E-state index is 0.0314. The third-order valence-corrected chi connectivity index (χ3v) is 5.17. The van der Waals surface area contributed by atoms with E-state index in [-0.39, 0.29) is 18.0 Å². The van der Waals surface area contributed by atoms with Crippen LogP contribution in [0.25, 0.3) is 11.4 Å². The van der Waals surface area contributed by atoms with Crippen molar-refractivity contribution in [1.29, 1.82) is 0 Å². The Morgan fingerprint density at radius 2 is 2.10 bits per heavy atom. The Morgan fingerprint density at radius 1 is 1.29 bits per heavy atom. The van der Waals surface area contributed by atoms with Crippen LogP contribution in [0.5, 0.6) is 5.75 Å². The number of amides is 3. The minimum Gasteiger partial charge on any atom is -0.496 e. The molecule has 1 aromatic carbocycles. The predicted molar refractivity (Wildman–Crippen MR) is 117 cm³/mol. The van der Waals surface area contributed by atoms with Gasteiger partial charge in [-0.3, -0.25) is 15.2 Å². The van der Waals surface area contributed by atoms with Crippen LogP contribution in [0.4, 0.5) is 10.6 Å². The number of methoxy groups -OCH3 is 1. The van der Waals surface area contributed by atoms with Gasteiger partial charge in [-0.1, -0.05) is 18.2 Å². The van der Waals surface area contributed by atoms with Crippen molar-refractivity contribution in [3.8, 4) is 17.1 Å². The maximum Gasteiger partial charge on any atom is 0.320 e. The quantitative estimate of drug-likeness (QED) is 0.489. The number of nitrogens with zero attached hydrogens (tertiary/aromatic N) is 2. The zero-order valence-electron chi connectivity index (χ0n) is 17.8. The fraction of sp³-hybridized carbons (Fsp3) is 0.318. The van der Waals surface area contributed by atoms with Gasteiger partial charge in [-0.15, -0.1) is 0 Å². The van der Waals surface area contributed by atoms with Crippen LogP contribution in [0, 0.1) is 0 Å². The third-order valence-electron chi connectivity index (χ3n) is 5.17. The molecule has 0 saturated carbocycles. The maximum atomic E-state index is 12.7. The number of carbonyl (C=O) groups is 2. The number of nitrogens with one attached hydrogen (secondary N) is 4. The lowest BCUT2D eigenvalue weighted by Crippen LogP contribution is -2.34. The first-order chi connectivity index (χ1) is 15.0. The summed E-state index contributed by atoms with van der Waals surface area (Å²) in [6.45, 7) is 4.86. The molecule has 0 unspecified atom stereocenters. The number of benzene rings is 1. The molecule has 3 aromatic rings. The number of carbonyl (C=O) groups excluding carboxylic acids is 2. The van der Waals surface area contributed by atoms with E-state index in [0.29, 0.717) is 30.9 Å². The molecule has 0 spiro atoms. The second-order valence-electron chi connectivity index (χ2n) is 7.73. The molecular formula is C22H26N6O3. The number of ether oxygens (including phenoxy) is 1. The Morgan fingerprint density at radius 3 is 2.87 bits per heavy atom. The summed E-state index contributed by atoms with van der Waals surface area (Å²) in [6, 6.07) is 9.17. The molecule has 3 amide bonds. The van der Waals surface area contributed by atoms with Crippen molar-refractivity contribution in [3.05, 3.63) is 53.2 Å². The lowest BCUT2D eigenvalue weighted by molar-refractivity contribution is 0.0950. The molecule has 9 nitrogen and oxygen atoms in total. The summed E-state index contributed by atoms with van der Waals surface area (Å²) in [5.74, 6) is 1.09. The van der Waals surface area contributed by atoms with Gasteiger partial charge in [0.15, 0.2) is 5.82 Å². The van der Waals surface area contributed by atoms with Crippen molar-refractivity contribution >= 4 is 17.8 Å². The Labute approximate surface area is 180 Å². The number of hydrogen-bond acceptors (Lipinski definition) is 4. The first-order valence-corrected chi connectivity index (χ1v) is 10.2. The number of rotatable bonds is 6. The van der Waals surface area contributed by atoms with Crippen molar-refractivity contribution in [2.75, 3.05) is 12.4 Å². The van der Waals surface area contributed by atoms with Gasteiger partial charge in [0.2, 0.25) is 0 Å². The van der Waals surface area contributed by atoms with Gasteiger partial charge in [0.05, 0.1) is 24.1 Å². The van der Waals surface area contributed by atoms with Crippen molar-refractivity contribution in [2.45, 2.75) is 39.4 Å². The summed E-state index contributed by atoms with van der Waals surface area (Å²) in [6.07, 6.45) is 2.54. The highest BCUT2D eigenvalue weighted by Crippen LogP contribution is 2.33. The molecule has 1 aliphatic heterocycles. The monoisotopic (exact) mass is 422 g/mol. The number of para-hydroxylation sites is 1. The minimum atomic E-state index is -0.290. The maximum absolute atomic E-state index is 12.7. The number of fused-ring (bicyclic) bond motifs is 3. The number of aromatic nitrogens is 3. The number of anilines is 1. The van der Waals surface area contributed by atoms with Gasteiger partial charge in [-0.05, 0) is 32.4 Å². The Hall–Kier alpha value is -3.75. The number of hydrogen-bond donors (Lipinski definition) is 4. The second kappa shape index (κ2) is 8.55. The zero-order chi connectivity index (χ0) is 22.0. The van der Waals surface area contributed by atoms with Crippen LogP contribution in [0.3, 0.4) is 0 Å². The van der Waals surface area contributed by atoms with Gasteiger partial charge < -0.3 is 19.9 Å². The van der Waals surface area contributed by atoms with Crippen LogP contribution < -0.4 is 20.7 Å². The molecule has 4 rings (SSSR count). The normalized spacial score (nSPS) is 12.1. The van der Waals surface area contributed by atoms with Gasteiger partial charge in [0.1, 0.15) is 5.75 Å². The SMILES string of the molecule is COc1ccccc1CNC(=O)c1cc2n(c1)CCc1c(NC(=O)NC(C)C)n[nH]c1-2. The number of aryl methyl sites for hydroxylation is 1. The fourth-order valence-corrected chi connectivity index (χ4v) is 3.72. The summed E-state index contributed by atoms with van der Waals surface area (Å²) in [5.41, 5.74) is 4.10. The van der Waals surface area contributed by atoms with Crippen molar-refractivity contribution < 1.29 is 14.3 Å². The van der Waals surface area contributed by atoms with Gasteiger partial charge in [0, 0.05) is 36.5 Å². The van der Waals surface area contributed by atoms with Gasteiger partial charge in [-0.25, -0.2) is 4.79 Å². The zero-order valence-corrected chi connectivity index (χ0v) is 17.8. The Balaban J connectivity index is 1.49. The van der Waals surface area contributed by atoms with Crippen LogP contribution >= 0.6 is 0 Å². The average molecular weight is 422 g/mol. The van der Waals surface area contributed by atoms with Crippen LogP contribution in [-0.4, -0.2) is 39.9 Å². The highest BCUT2D eigenvalue weighted by atomic mass is 16.5. The van der Waals surface area contributed by atoms with E-state index in [1.165, 1.54) is 0 Å². The number of H-pyrrole nitrogens is 1. The van der Waals surface area contributed by atoms with E-state index in [1.54, 1.807) is 7.11 Å². The number of aromatic amines is 1. The summed E-state index contributed by atoms with van der Waals surface area (Å²) in [4.78, 5) is 24.8. The summed E-state index contributed by atoms with van der Waals surface area (Å²) in [5, 5.41) is 15.8. The molecule has 2 aromatic heterocycles. The second-order valence-corrected chi connectivity index (χ2v) is 7.73. The average Bonchev–Trinajstić information content (AvgIpc) is 3.35. The van der Waals surface area contributed by atoms with E-state index in [4.69, 9.17) is 4.74 Å². The van der Waals surface area contributed by atoms with Crippen molar-refractivity contribution in [2.24, 2.45) is 0 Å². The molecule has 0 aliphatic carbocycles. The molecule has 0 atom stereocenters. The molecule has 0 fully saturated rings. The molecule has 1 aliphatic rings. The molecule has 0 saturated heterocycles. The van der Waals surface area contributed by atoms with E-state index < -0.39 is 0 Å². The van der Waals surface area contributed by atoms with Crippen LogP contribution in [0.2, 0.25) is 0 Å². The molecular weight excluding hydrogens is 396 g/mol. The van der Waals surface area contributed by atoms with Crippen LogP contribution in [0.15, 0.2) is 36.5 Å². The van der Waals surface area contributed by atoms with E-state index in [9.17, 15) is 9.59 Å². The van der Waals surface area contributed by atoms with E-state index in [2.05, 4.69) is 26.1 Å². The standard InChI is InChI=1S/C22H26N6O3/c1-13(2)24-22(30)25-20-16-8-9-28-12-15(10-17(28)19(16)26-27-20)21(29)23-11-14-6-4-5-7-18(14)31-3/h4-7,10,12-13H,8-9,11H2,1-3H3,(H,23,29)(H3,24,25,26,27,30). The van der Waals surface area contributed by atoms with E-state index in [0.717, 1.165) is 28.3 Å². The molecule has 4 N–H and O–H groups in total. The highest BCUT2D eigenvalue weighted by Gasteiger charge is 2.25. The van der Waals surface area contributed by atoms with Crippen LogP contribution in [-0.2, 0) is 19.5 Å². The molecule has 9 heteroatoms. The summed E-state index contributed by atoms with van der Waals surface area (Å²) >= 11 is 0. The Bertz CT molecular complexity index is 1110.